The molecule has 0 amide bonds. The number of fused-ring (bicyclic) bond motifs is 1. The van der Waals surface area contributed by atoms with Gasteiger partial charge in [0.05, 0.1) is 5.69 Å². The third-order valence-electron chi connectivity index (χ3n) is 5.51. The topological polar surface area (TPSA) is 111 Å². The minimum absolute atomic E-state index is 0.244. The molecule has 5 rings (SSSR count). The highest BCUT2D eigenvalue weighted by Crippen LogP contribution is 2.43. The van der Waals surface area contributed by atoms with Gasteiger partial charge in [0.1, 0.15) is 11.5 Å². The third kappa shape index (κ3) is 5.60. The van der Waals surface area contributed by atoms with Crippen LogP contribution >= 0.6 is 0 Å². The van der Waals surface area contributed by atoms with Crippen molar-refractivity contribution < 1.29 is 36.4 Å². The normalized spacial score (nSPS) is 11.7. The summed E-state index contributed by atoms with van der Waals surface area (Å²) in [6.07, 6.45) is 0. The van der Waals surface area contributed by atoms with E-state index in [0.29, 0.717) is 0 Å². The average Bonchev–Trinajstić information content (AvgIpc) is 3.25. The maximum atomic E-state index is 10.7. The highest BCUT2D eigenvalue weighted by atomic mass is 32.2. The summed E-state index contributed by atoms with van der Waals surface area (Å²) in [6, 6.07) is 31.1. The number of aromatic amines is 1. The fourth-order valence-corrected chi connectivity index (χ4v) is 3.87. The third-order valence-corrected chi connectivity index (χ3v) is 6.10. The molecule has 0 aliphatic heterocycles. The lowest BCUT2D eigenvalue weighted by atomic mass is 9.93. The number of H-pyrrole nitrogens is 1. The summed E-state index contributed by atoms with van der Waals surface area (Å²) < 4.78 is 57.5. The molecule has 0 aliphatic carbocycles. The molecule has 0 bridgehead atoms. The van der Waals surface area contributed by atoms with Crippen molar-refractivity contribution in [1.29, 1.82) is 0 Å². The quantitative estimate of drug-likeness (QED) is 0.150. The average molecular weight is 528 g/mol. The van der Waals surface area contributed by atoms with Gasteiger partial charge in [-0.2, -0.15) is 21.6 Å². The Balaban J connectivity index is 0.000000349. The number of benzene rings is 4. The maximum Gasteiger partial charge on any atom is 0.522 e. The number of aromatic hydroxyl groups is 2. The molecule has 4 N–H and O–H groups in total. The molecule has 0 radical (unpaired) electrons. The van der Waals surface area contributed by atoms with E-state index in [4.69, 9.17) is 13.0 Å². The van der Waals surface area contributed by atoms with E-state index >= 15 is 0 Å². The first-order valence-electron chi connectivity index (χ1n) is 10.8. The summed E-state index contributed by atoms with van der Waals surface area (Å²) in [7, 11) is -5.84. The molecule has 0 atom stereocenters. The summed E-state index contributed by atoms with van der Waals surface area (Å²) in [5, 5.41) is 20.6. The summed E-state index contributed by atoms with van der Waals surface area (Å²) in [4.78, 5) is 3.60. The van der Waals surface area contributed by atoms with Crippen LogP contribution in [0.2, 0.25) is 0 Å². The maximum absolute atomic E-state index is 10.7. The molecule has 6 nitrogen and oxygen atoms in total. The van der Waals surface area contributed by atoms with Crippen molar-refractivity contribution >= 4 is 21.0 Å². The number of alkyl halides is 3. The van der Waals surface area contributed by atoms with E-state index < -0.39 is 15.6 Å². The van der Waals surface area contributed by atoms with Gasteiger partial charge in [-0.1, -0.05) is 66.7 Å². The van der Waals surface area contributed by atoms with E-state index in [-0.39, 0.29) is 11.5 Å². The first-order valence-corrected chi connectivity index (χ1v) is 12.2. The standard InChI is InChI=1S/C26H19NO2.CHF3O3S/c28-20-13-9-17(10-14-20)22-7-4-8-23-25(22)24(18-11-15-21(29)16-12-18)26(27-23)19-5-2-1-3-6-19;2-1(3,4)8(5,6)7/h1-16,27-29H;(H,5,6,7). The molecule has 0 saturated heterocycles. The van der Waals surface area contributed by atoms with Crippen LogP contribution in [0.25, 0.3) is 44.4 Å². The Kier molecular flexibility index (Phi) is 6.97. The van der Waals surface area contributed by atoms with Crippen molar-refractivity contribution in [3.63, 3.8) is 0 Å². The Hall–Kier alpha value is -4.28. The molecule has 0 saturated carbocycles. The van der Waals surface area contributed by atoms with Crippen molar-refractivity contribution in [3.8, 4) is 45.0 Å². The number of rotatable bonds is 3. The summed E-state index contributed by atoms with van der Waals surface area (Å²) in [5.74, 6) is 0.493. The van der Waals surface area contributed by atoms with Crippen molar-refractivity contribution in [2.24, 2.45) is 0 Å². The van der Waals surface area contributed by atoms with Crippen LogP contribution in [0.4, 0.5) is 13.2 Å². The molecule has 0 spiro atoms. The van der Waals surface area contributed by atoms with Crippen LogP contribution in [0, 0.1) is 0 Å². The highest BCUT2D eigenvalue weighted by Gasteiger charge is 2.44. The number of aromatic nitrogens is 1. The fraction of sp³-hybridized carbons (Fsp3) is 0.0370. The summed E-state index contributed by atoms with van der Waals surface area (Å²) in [5.41, 5.74) is 1.89. The second-order valence-electron chi connectivity index (χ2n) is 7.98. The molecule has 190 valence electrons. The minimum atomic E-state index is -5.84. The van der Waals surface area contributed by atoms with Crippen LogP contribution in [0.3, 0.4) is 0 Å². The molecule has 4 aromatic carbocycles. The Morgan fingerprint density at radius 3 is 1.68 bits per heavy atom. The van der Waals surface area contributed by atoms with Gasteiger partial charge in [-0.3, -0.25) is 4.55 Å². The summed E-state index contributed by atoms with van der Waals surface area (Å²) in [6.45, 7) is 0. The molecule has 1 heterocycles. The monoisotopic (exact) mass is 527 g/mol. The lowest BCUT2D eigenvalue weighted by molar-refractivity contribution is -0.0510. The molecule has 10 heteroatoms. The largest absolute Gasteiger partial charge is 0.522 e. The number of hydrogen-bond donors (Lipinski definition) is 4. The first-order chi connectivity index (χ1) is 17.5. The number of phenolic OH excluding ortho intramolecular Hbond substituents is 2. The Morgan fingerprint density at radius 1 is 0.649 bits per heavy atom. The number of phenols is 2. The van der Waals surface area contributed by atoms with Crippen LogP contribution in [-0.4, -0.2) is 33.7 Å². The minimum Gasteiger partial charge on any atom is -0.508 e. The Morgan fingerprint density at radius 2 is 1.16 bits per heavy atom. The number of nitrogens with one attached hydrogen (secondary N) is 1. The second-order valence-corrected chi connectivity index (χ2v) is 9.40. The highest BCUT2D eigenvalue weighted by molar-refractivity contribution is 7.86. The first kappa shape index (κ1) is 25.8. The molecule has 5 aromatic rings. The van der Waals surface area contributed by atoms with Gasteiger partial charge in [0.2, 0.25) is 0 Å². The predicted molar refractivity (Wildman–Crippen MR) is 136 cm³/mol. The van der Waals surface area contributed by atoms with Crippen molar-refractivity contribution in [3.05, 3.63) is 97.1 Å². The predicted octanol–water partition coefficient (Wildman–Crippen LogP) is 6.97. The lowest BCUT2D eigenvalue weighted by Gasteiger charge is -2.10. The van der Waals surface area contributed by atoms with Crippen LogP contribution in [0.1, 0.15) is 0 Å². The molecule has 0 fully saturated rings. The molecule has 0 unspecified atom stereocenters. The van der Waals surface area contributed by atoms with Gasteiger partial charge in [0.25, 0.3) is 0 Å². The zero-order valence-corrected chi connectivity index (χ0v) is 19.8. The van der Waals surface area contributed by atoms with Gasteiger partial charge in [-0.05, 0) is 52.6 Å². The Labute approximate surface area is 210 Å². The van der Waals surface area contributed by atoms with Crippen LogP contribution < -0.4 is 0 Å². The Bertz CT molecular complexity index is 1630. The zero-order chi connectivity index (χ0) is 26.8. The molecular weight excluding hydrogens is 507 g/mol. The smallest absolute Gasteiger partial charge is 0.508 e. The fourth-order valence-electron chi connectivity index (χ4n) is 3.87. The van der Waals surface area contributed by atoms with Crippen molar-refractivity contribution in [1.82, 2.24) is 4.98 Å². The van der Waals surface area contributed by atoms with Gasteiger partial charge >= 0.3 is 15.6 Å². The van der Waals surface area contributed by atoms with E-state index in [1.807, 2.05) is 48.5 Å². The van der Waals surface area contributed by atoms with E-state index in [1.54, 1.807) is 24.3 Å². The second kappa shape index (κ2) is 10.00. The van der Waals surface area contributed by atoms with E-state index in [9.17, 15) is 23.4 Å². The SMILES string of the molecule is O=S(=O)(O)C(F)(F)F.Oc1ccc(-c2cccc3[nH]c(-c4ccccc4)c(-c4ccc(O)cc4)c23)cc1. The van der Waals surface area contributed by atoms with Crippen LogP contribution in [-0.2, 0) is 10.1 Å². The van der Waals surface area contributed by atoms with Crippen LogP contribution in [0.15, 0.2) is 97.1 Å². The number of hydrogen-bond acceptors (Lipinski definition) is 4. The summed E-state index contributed by atoms with van der Waals surface area (Å²) >= 11 is 0. The molecule has 37 heavy (non-hydrogen) atoms. The van der Waals surface area contributed by atoms with E-state index in [1.165, 1.54) is 0 Å². The van der Waals surface area contributed by atoms with Crippen LogP contribution in [0.5, 0.6) is 11.5 Å². The molecular formula is C27H20F3NO5S. The van der Waals surface area contributed by atoms with Gasteiger partial charge in [0, 0.05) is 16.5 Å². The van der Waals surface area contributed by atoms with E-state index in [2.05, 4.69) is 29.2 Å². The van der Waals surface area contributed by atoms with Gasteiger partial charge < -0.3 is 15.2 Å². The van der Waals surface area contributed by atoms with E-state index in [0.717, 1.165) is 44.4 Å². The van der Waals surface area contributed by atoms with Gasteiger partial charge in [-0.25, -0.2) is 0 Å². The van der Waals surface area contributed by atoms with Gasteiger partial charge in [-0.15, -0.1) is 0 Å². The van der Waals surface area contributed by atoms with Crippen molar-refractivity contribution in [2.75, 3.05) is 0 Å². The zero-order valence-electron chi connectivity index (χ0n) is 18.9. The molecule has 1 aromatic heterocycles. The number of halogens is 3. The van der Waals surface area contributed by atoms with Gasteiger partial charge in [0.15, 0.2) is 0 Å². The van der Waals surface area contributed by atoms with Crippen molar-refractivity contribution in [2.45, 2.75) is 5.51 Å². The molecule has 0 aliphatic rings. The lowest BCUT2D eigenvalue weighted by Crippen LogP contribution is -2.21.